The van der Waals surface area contributed by atoms with Gasteiger partial charge in [-0.05, 0) is 63.7 Å². The standard InChI is InChI=1S/C21H27N5O2/c1-2-25-18-4-3-9-22-20(18)26(21(25)27)13-15-7-10-24(11-8-15)14-17-12-19(28-23-17)16-5-6-16/h3-4,9,12,15-16H,2,5-8,10-11,13-14H2,1H3. The Morgan fingerprint density at radius 1 is 1.18 bits per heavy atom. The number of imidazole rings is 1. The summed E-state index contributed by atoms with van der Waals surface area (Å²) in [4.78, 5) is 19.7. The average Bonchev–Trinajstić information content (AvgIpc) is 3.41. The van der Waals surface area contributed by atoms with Crippen LogP contribution in [-0.2, 0) is 19.6 Å². The van der Waals surface area contributed by atoms with E-state index in [1.165, 1.54) is 12.8 Å². The molecule has 28 heavy (non-hydrogen) atoms. The number of likely N-dealkylation sites (tertiary alicyclic amines) is 1. The zero-order chi connectivity index (χ0) is 19.1. The van der Waals surface area contributed by atoms with Gasteiger partial charge >= 0.3 is 5.69 Å². The van der Waals surface area contributed by atoms with E-state index in [2.05, 4.69) is 21.1 Å². The second-order valence-corrected chi connectivity index (χ2v) is 8.20. The maximum Gasteiger partial charge on any atom is 0.330 e. The SMILES string of the molecule is CCn1c(=O)n(CC2CCN(Cc3cc(C4CC4)on3)CC2)c2ncccc21. The van der Waals surface area contributed by atoms with Gasteiger partial charge in [0.05, 0.1) is 11.2 Å². The van der Waals surface area contributed by atoms with Crippen molar-refractivity contribution < 1.29 is 4.52 Å². The Morgan fingerprint density at radius 3 is 2.75 bits per heavy atom. The molecule has 0 bridgehead atoms. The maximum atomic E-state index is 12.8. The molecule has 1 aliphatic carbocycles. The fraction of sp³-hybridized carbons (Fsp3) is 0.571. The van der Waals surface area contributed by atoms with Crippen LogP contribution in [0.4, 0.5) is 0 Å². The number of fused-ring (bicyclic) bond motifs is 1. The molecule has 2 aliphatic rings. The van der Waals surface area contributed by atoms with Crippen LogP contribution in [0.5, 0.6) is 0 Å². The van der Waals surface area contributed by atoms with Crippen molar-refractivity contribution in [3.05, 3.63) is 46.3 Å². The van der Waals surface area contributed by atoms with E-state index in [9.17, 15) is 4.79 Å². The van der Waals surface area contributed by atoms with Gasteiger partial charge in [0.15, 0.2) is 5.65 Å². The molecule has 3 aromatic rings. The molecule has 7 nitrogen and oxygen atoms in total. The summed E-state index contributed by atoms with van der Waals surface area (Å²) in [5.41, 5.74) is 2.86. The molecule has 1 aliphatic heterocycles. The molecule has 5 rings (SSSR count). The van der Waals surface area contributed by atoms with Crippen LogP contribution >= 0.6 is 0 Å². The van der Waals surface area contributed by atoms with Crippen molar-refractivity contribution in [2.75, 3.05) is 13.1 Å². The van der Waals surface area contributed by atoms with Crippen LogP contribution in [-0.4, -0.2) is 37.3 Å². The van der Waals surface area contributed by atoms with Crippen LogP contribution in [0, 0.1) is 5.92 Å². The monoisotopic (exact) mass is 381 g/mol. The van der Waals surface area contributed by atoms with Gasteiger partial charge in [0.2, 0.25) is 0 Å². The quantitative estimate of drug-likeness (QED) is 0.657. The third kappa shape index (κ3) is 3.28. The molecule has 1 saturated carbocycles. The van der Waals surface area contributed by atoms with E-state index in [0.29, 0.717) is 18.4 Å². The molecule has 0 aromatic carbocycles. The van der Waals surface area contributed by atoms with E-state index >= 15 is 0 Å². The van der Waals surface area contributed by atoms with Gasteiger partial charge in [0, 0.05) is 37.8 Å². The Bertz CT molecular complexity index is 1020. The highest BCUT2D eigenvalue weighted by atomic mass is 16.5. The van der Waals surface area contributed by atoms with Crippen LogP contribution in [0.25, 0.3) is 11.2 Å². The number of pyridine rings is 1. The zero-order valence-corrected chi connectivity index (χ0v) is 16.4. The van der Waals surface area contributed by atoms with E-state index in [1.807, 2.05) is 28.2 Å². The van der Waals surface area contributed by atoms with Gasteiger partial charge in [-0.15, -0.1) is 0 Å². The van der Waals surface area contributed by atoms with Gasteiger partial charge in [-0.3, -0.25) is 14.0 Å². The van der Waals surface area contributed by atoms with Crippen molar-refractivity contribution in [1.29, 1.82) is 0 Å². The van der Waals surface area contributed by atoms with E-state index in [-0.39, 0.29) is 5.69 Å². The number of hydrogen-bond donors (Lipinski definition) is 0. The lowest BCUT2D eigenvalue weighted by atomic mass is 9.96. The Morgan fingerprint density at radius 2 is 2.00 bits per heavy atom. The maximum absolute atomic E-state index is 12.8. The minimum Gasteiger partial charge on any atom is -0.361 e. The molecule has 0 N–H and O–H groups in total. The zero-order valence-electron chi connectivity index (χ0n) is 16.4. The summed E-state index contributed by atoms with van der Waals surface area (Å²) in [7, 11) is 0. The average molecular weight is 381 g/mol. The van der Waals surface area contributed by atoms with E-state index in [4.69, 9.17) is 4.52 Å². The second-order valence-electron chi connectivity index (χ2n) is 8.20. The van der Waals surface area contributed by atoms with Gasteiger partial charge in [-0.1, -0.05) is 5.16 Å². The normalized spacial score (nSPS) is 18.9. The van der Waals surface area contributed by atoms with Crippen LogP contribution in [0.1, 0.15) is 50.0 Å². The third-order valence-electron chi connectivity index (χ3n) is 6.18. The summed E-state index contributed by atoms with van der Waals surface area (Å²) in [5.74, 6) is 2.18. The van der Waals surface area contributed by atoms with Crippen molar-refractivity contribution in [3.63, 3.8) is 0 Å². The highest BCUT2D eigenvalue weighted by Crippen LogP contribution is 2.40. The predicted octanol–water partition coefficient (Wildman–Crippen LogP) is 3.00. The molecule has 0 spiro atoms. The molecule has 2 fully saturated rings. The molecule has 0 unspecified atom stereocenters. The lowest BCUT2D eigenvalue weighted by Gasteiger charge is -2.31. The van der Waals surface area contributed by atoms with Crippen LogP contribution in [0.15, 0.2) is 33.7 Å². The van der Waals surface area contributed by atoms with Crippen LogP contribution in [0.3, 0.4) is 0 Å². The van der Waals surface area contributed by atoms with E-state index in [1.54, 1.807) is 6.20 Å². The van der Waals surface area contributed by atoms with E-state index < -0.39 is 0 Å². The number of nitrogens with zero attached hydrogens (tertiary/aromatic N) is 5. The summed E-state index contributed by atoms with van der Waals surface area (Å²) in [6.45, 7) is 6.36. The topological polar surface area (TPSA) is 69.1 Å². The molecule has 0 amide bonds. The third-order valence-corrected chi connectivity index (χ3v) is 6.18. The Hall–Kier alpha value is -2.41. The van der Waals surface area contributed by atoms with Crippen molar-refractivity contribution in [2.45, 2.75) is 58.2 Å². The molecular formula is C21H27N5O2. The molecule has 4 heterocycles. The summed E-state index contributed by atoms with van der Waals surface area (Å²) >= 11 is 0. The lowest BCUT2D eigenvalue weighted by molar-refractivity contribution is 0.163. The van der Waals surface area contributed by atoms with E-state index in [0.717, 1.165) is 61.6 Å². The summed E-state index contributed by atoms with van der Waals surface area (Å²) in [5, 5.41) is 4.24. The Balaban J connectivity index is 1.23. The Labute approximate surface area is 163 Å². The minimum absolute atomic E-state index is 0.0637. The minimum atomic E-state index is 0.0637. The number of piperidine rings is 1. The molecule has 0 atom stereocenters. The summed E-state index contributed by atoms with van der Waals surface area (Å²) < 4.78 is 9.17. The van der Waals surface area contributed by atoms with Gasteiger partial charge < -0.3 is 4.52 Å². The molecule has 3 aromatic heterocycles. The van der Waals surface area contributed by atoms with Gasteiger partial charge in [0.1, 0.15) is 5.76 Å². The van der Waals surface area contributed by atoms with Crippen molar-refractivity contribution in [3.8, 4) is 0 Å². The molecule has 148 valence electrons. The smallest absolute Gasteiger partial charge is 0.330 e. The molecular weight excluding hydrogens is 354 g/mol. The first-order chi connectivity index (χ1) is 13.7. The number of hydrogen-bond acceptors (Lipinski definition) is 5. The van der Waals surface area contributed by atoms with Crippen molar-refractivity contribution >= 4 is 11.2 Å². The van der Waals surface area contributed by atoms with Crippen molar-refractivity contribution in [2.24, 2.45) is 5.92 Å². The van der Waals surface area contributed by atoms with Gasteiger partial charge in [0.25, 0.3) is 0 Å². The highest BCUT2D eigenvalue weighted by Gasteiger charge is 2.28. The van der Waals surface area contributed by atoms with Crippen LogP contribution in [0.2, 0.25) is 0 Å². The van der Waals surface area contributed by atoms with Crippen LogP contribution < -0.4 is 5.69 Å². The number of aryl methyl sites for hydroxylation is 1. The first kappa shape index (κ1) is 17.7. The summed E-state index contributed by atoms with van der Waals surface area (Å²) in [6.07, 6.45) is 6.43. The lowest BCUT2D eigenvalue weighted by Crippen LogP contribution is -2.36. The first-order valence-electron chi connectivity index (χ1n) is 10.4. The number of rotatable bonds is 6. The first-order valence-corrected chi connectivity index (χ1v) is 10.4. The molecule has 0 radical (unpaired) electrons. The molecule has 7 heteroatoms. The second kappa shape index (κ2) is 7.20. The Kier molecular flexibility index (Phi) is 4.55. The van der Waals surface area contributed by atoms with Gasteiger partial charge in [-0.2, -0.15) is 0 Å². The largest absolute Gasteiger partial charge is 0.361 e. The highest BCUT2D eigenvalue weighted by molar-refractivity contribution is 5.71. The predicted molar refractivity (Wildman–Crippen MR) is 106 cm³/mol. The fourth-order valence-electron chi connectivity index (χ4n) is 4.39. The molecule has 1 saturated heterocycles. The summed E-state index contributed by atoms with van der Waals surface area (Å²) in [6, 6.07) is 6.02. The van der Waals surface area contributed by atoms with Crippen molar-refractivity contribution in [1.82, 2.24) is 24.2 Å². The fourth-order valence-corrected chi connectivity index (χ4v) is 4.39. The van der Waals surface area contributed by atoms with Gasteiger partial charge in [-0.25, -0.2) is 9.78 Å². The number of aromatic nitrogens is 4.